The number of fused-ring (bicyclic) bond motifs is 1. The molecule has 0 aliphatic carbocycles. The summed E-state index contributed by atoms with van der Waals surface area (Å²) in [6.07, 6.45) is 3.98. The molecule has 9 nitrogen and oxygen atoms in total. The summed E-state index contributed by atoms with van der Waals surface area (Å²) in [6.45, 7) is 6.05. The zero-order valence-corrected chi connectivity index (χ0v) is 21.6. The Kier molecular flexibility index (Phi) is 7.81. The van der Waals surface area contributed by atoms with Gasteiger partial charge >= 0.3 is 0 Å². The molecule has 0 aliphatic heterocycles. The summed E-state index contributed by atoms with van der Waals surface area (Å²) in [6, 6.07) is 17.6. The number of rotatable bonds is 10. The van der Waals surface area contributed by atoms with E-state index in [1.165, 1.54) is 0 Å². The average molecular weight is 501 g/mol. The summed E-state index contributed by atoms with van der Waals surface area (Å²) in [4.78, 5) is 33.5. The minimum atomic E-state index is -0.887. The molecule has 37 heavy (non-hydrogen) atoms. The molecule has 0 bridgehead atoms. The van der Waals surface area contributed by atoms with Crippen LogP contribution in [0.15, 0.2) is 73.1 Å². The number of carbonyl (C=O) groups excluding carboxylic acids is 2. The largest absolute Gasteiger partial charge is 0.497 e. The number of amides is 2. The van der Waals surface area contributed by atoms with Crippen molar-refractivity contribution >= 4 is 22.8 Å². The van der Waals surface area contributed by atoms with Crippen LogP contribution in [0, 0.1) is 0 Å². The highest BCUT2D eigenvalue weighted by Gasteiger charge is 2.34. The lowest BCUT2D eigenvalue weighted by atomic mass is 9.98. The summed E-state index contributed by atoms with van der Waals surface area (Å²) in [7, 11) is 1.60. The van der Waals surface area contributed by atoms with E-state index in [0.29, 0.717) is 16.8 Å². The van der Waals surface area contributed by atoms with Gasteiger partial charge in [0.15, 0.2) is 0 Å². The normalized spacial score (nSPS) is 12.2. The Labute approximate surface area is 216 Å². The average Bonchev–Trinajstić information content (AvgIpc) is 3.31. The number of para-hydroxylation sites is 1. The molecular formula is C28H32N6O3. The third kappa shape index (κ3) is 6.11. The summed E-state index contributed by atoms with van der Waals surface area (Å²) in [5.74, 6) is 0.131. The molecule has 0 saturated carbocycles. The summed E-state index contributed by atoms with van der Waals surface area (Å²) in [5, 5.41) is 11.5. The van der Waals surface area contributed by atoms with Crippen molar-refractivity contribution < 1.29 is 14.3 Å². The number of methoxy groups -OCH3 is 1. The highest BCUT2D eigenvalue weighted by Crippen LogP contribution is 2.26. The van der Waals surface area contributed by atoms with Crippen molar-refractivity contribution in [1.82, 2.24) is 30.2 Å². The lowest BCUT2D eigenvalue weighted by Gasteiger charge is -2.34. The number of hydrogen-bond acceptors (Lipinski definition) is 6. The van der Waals surface area contributed by atoms with Gasteiger partial charge in [-0.25, -0.2) is 4.68 Å². The molecule has 0 spiro atoms. The van der Waals surface area contributed by atoms with E-state index < -0.39 is 11.6 Å². The van der Waals surface area contributed by atoms with Gasteiger partial charge in [-0.1, -0.05) is 36.4 Å². The van der Waals surface area contributed by atoms with Gasteiger partial charge in [-0.05, 0) is 67.8 Å². The smallest absolute Gasteiger partial charge is 0.247 e. The molecular weight excluding hydrogens is 468 g/mol. The SMILES string of the molecule is CCC(C)(C)NC(=O)C(c1ccncc1)N(Cc1cccc(OC)c1)C(=O)Cn1nnc2ccccc21. The molecule has 4 rings (SSSR count). The zero-order chi connectivity index (χ0) is 26.4. The first-order valence-electron chi connectivity index (χ1n) is 12.2. The Morgan fingerprint density at radius 3 is 2.57 bits per heavy atom. The van der Waals surface area contributed by atoms with Crippen LogP contribution in [0.1, 0.15) is 44.4 Å². The van der Waals surface area contributed by atoms with Crippen molar-refractivity contribution in [3.63, 3.8) is 0 Å². The fourth-order valence-electron chi connectivity index (χ4n) is 4.05. The van der Waals surface area contributed by atoms with E-state index in [9.17, 15) is 9.59 Å². The zero-order valence-electron chi connectivity index (χ0n) is 21.6. The maximum atomic E-state index is 14.0. The second kappa shape index (κ2) is 11.2. The van der Waals surface area contributed by atoms with Gasteiger partial charge in [0.1, 0.15) is 23.9 Å². The van der Waals surface area contributed by atoms with Crippen LogP contribution in [0.5, 0.6) is 5.75 Å². The first-order chi connectivity index (χ1) is 17.8. The Hall–Kier alpha value is -4.27. The molecule has 1 unspecified atom stereocenters. The van der Waals surface area contributed by atoms with Gasteiger partial charge in [-0.15, -0.1) is 5.10 Å². The molecule has 1 N–H and O–H groups in total. The Bertz CT molecular complexity index is 1370. The van der Waals surface area contributed by atoms with Crippen molar-refractivity contribution in [3.8, 4) is 5.75 Å². The van der Waals surface area contributed by atoms with Gasteiger partial charge in [0, 0.05) is 24.5 Å². The van der Waals surface area contributed by atoms with Gasteiger partial charge in [0.05, 0.1) is 12.6 Å². The van der Waals surface area contributed by atoms with Crippen molar-refractivity contribution in [3.05, 3.63) is 84.2 Å². The molecule has 0 aliphatic rings. The van der Waals surface area contributed by atoms with Gasteiger partial charge in [0.25, 0.3) is 0 Å². The Morgan fingerprint density at radius 2 is 1.84 bits per heavy atom. The van der Waals surface area contributed by atoms with E-state index in [2.05, 4.69) is 20.6 Å². The molecule has 2 aromatic heterocycles. The fourth-order valence-corrected chi connectivity index (χ4v) is 4.05. The molecule has 2 aromatic carbocycles. The minimum absolute atomic E-state index is 0.0729. The maximum absolute atomic E-state index is 14.0. The molecule has 192 valence electrons. The molecule has 0 radical (unpaired) electrons. The predicted molar refractivity (Wildman–Crippen MR) is 141 cm³/mol. The molecule has 4 aromatic rings. The van der Waals surface area contributed by atoms with Crippen LogP contribution in [0.4, 0.5) is 0 Å². The van der Waals surface area contributed by atoms with E-state index in [1.54, 1.807) is 41.2 Å². The number of ether oxygens (including phenoxy) is 1. The van der Waals surface area contributed by atoms with Crippen LogP contribution < -0.4 is 10.1 Å². The van der Waals surface area contributed by atoms with Crippen LogP contribution in [-0.2, 0) is 22.7 Å². The van der Waals surface area contributed by atoms with Crippen LogP contribution in [0.3, 0.4) is 0 Å². The van der Waals surface area contributed by atoms with Crippen molar-refractivity contribution in [1.29, 1.82) is 0 Å². The highest BCUT2D eigenvalue weighted by molar-refractivity contribution is 5.89. The highest BCUT2D eigenvalue weighted by atomic mass is 16.5. The second-order valence-electron chi connectivity index (χ2n) is 9.52. The number of carbonyl (C=O) groups is 2. The predicted octanol–water partition coefficient (Wildman–Crippen LogP) is 3.91. The number of pyridine rings is 1. The first kappa shape index (κ1) is 25.8. The van der Waals surface area contributed by atoms with Crippen molar-refractivity contribution in [2.24, 2.45) is 0 Å². The van der Waals surface area contributed by atoms with Gasteiger partial charge in [0.2, 0.25) is 11.8 Å². The quantitative estimate of drug-likeness (QED) is 0.354. The first-order valence-corrected chi connectivity index (χ1v) is 12.2. The molecule has 1 atom stereocenters. The number of nitrogens with one attached hydrogen (secondary N) is 1. The lowest BCUT2D eigenvalue weighted by Crippen LogP contribution is -2.50. The second-order valence-corrected chi connectivity index (χ2v) is 9.52. The number of hydrogen-bond donors (Lipinski definition) is 1. The van der Waals surface area contributed by atoms with Gasteiger partial charge in [-0.2, -0.15) is 0 Å². The summed E-state index contributed by atoms with van der Waals surface area (Å²) < 4.78 is 6.95. The molecule has 0 fully saturated rings. The lowest BCUT2D eigenvalue weighted by molar-refractivity contribution is -0.143. The van der Waals surface area contributed by atoms with Gasteiger partial charge in [-0.3, -0.25) is 14.6 Å². The van der Waals surface area contributed by atoms with Crippen LogP contribution in [0.25, 0.3) is 11.0 Å². The van der Waals surface area contributed by atoms with E-state index in [0.717, 1.165) is 17.5 Å². The van der Waals surface area contributed by atoms with E-state index in [4.69, 9.17) is 4.74 Å². The van der Waals surface area contributed by atoms with E-state index in [-0.39, 0.29) is 24.9 Å². The van der Waals surface area contributed by atoms with Crippen molar-refractivity contribution in [2.45, 2.75) is 51.9 Å². The van der Waals surface area contributed by atoms with Crippen LogP contribution in [0.2, 0.25) is 0 Å². The van der Waals surface area contributed by atoms with E-state index >= 15 is 0 Å². The maximum Gasteiger partial charge on any atom is 0.247 e. The summed E-state index contributed by atoms with van der Waals surface area (Å²) >= 11 is 0. The van der Waals surface area contributed by atoms with Gasteiger partial charge < -0.3 is 15.0 Å². The number of aromatic nitrogens is 4. The standard InChI is InChI=1S/C28H32N6O3/c1-5-28(2,3)30-27(36)26(21-13-15-29-16-14-21)33(18-20-9-8-10-22(17-20)37-4)25(35)19-34-24-12-7-6-11-23(24)31-32-34/h6-17,26H,5,18-19H2,1-4H3,(H,30,36). The Balaban J connectivity index is 1.76. The fraction of sp³-hybridized carbons (Fsp3) is 0.321. The molecule has 9 heteroatoms. The molecule has 0 saturated heterocycles. The minimum Gasteiger partial charge on any atom is -0.497 e. The monoisotopic (exact) mass is 500 g/mol. The summed E-state index contributed by atoms with van der Waals surface area (Å²) in [5.41, 5.74) is 2.49. The van der Waals surface area contributed by atoms with Crippen LogP contribution in [-0.4, -0.2) is 49.3 Å². The van der Waals surface area contributed by atoms with Crippen molar-refractivity contribution in [2.75, 3.05) is 7.11 Å². The van der Waals surface area contributed by atoms with Crippen LogP contribution >= 0.6 is 0 Å². The third-order valence-electron chi connectivity index (χ3n) is 6.44. The topological polar surface area (TPSA) is 102 Å². The molecule has 2 heterocycles. The number of nitrogens with zero attached hydrogens (tertiary/aromatic N) is 5. The Morgan fingerprint density at radius 1 is 1.08 bits per heavy atom. The van der Waals surface area contributed by atoms with E-state index in [1.807, 2.05) is 69.3 Å². The molecule has 2 amide bonds. The third-order valence-corrected chi connectivity index (χ3v) is 6.44. The number of benzene rings is 2.